The molecule has 2 heterocycles. The van der Waals surface area contributed by atoms with Crippen LogP contribution in [0.5, 0.6) is 5.75 Å². The molecule has 2 aliphatic heterocycles. The molecule has 21 heavy (non-hydrogen) atoms. The van der Waals surface area contributed by atoms with Crippen molar-refractivity contribution in [2.75, 3.05) is 32.8 Å². The first-order valence-corrected chi connectivity index (χ1v) is 7.64. The van der Waals surface area contributed by atoms with Crippen molar-refractivity contribution in [3.8, 4) is 5.75 Å². The molecule has 1 saturated heterocycles. The van der Waals surface area contributed by atoms with Gasteiger partial charge in [0.1, 0.15) is 17.9 Å². The van der Waals surface area contributed by atoms with Gasteiger partial charge in [-0.05, 0) is 18.6 Å². The van der Waals surface area contributed by atoms with E-state index in [1.165, 1.54) is 5.56 Å². The topological polar surface area (TPSA) is 50.8 Å². The van der Waals surface area contributed by atoms with E-state index in [4.69, 9.17) is 9.47 Å². The molecule has 0 saturated carbocycles. The minimum absolute atomic E-state index is 0.123. The Morgan fingerprint density at radius 3 is 3.14 bits per heavy atom. The van der Waals surface area contributed by atoms with Gasteiger partial charge in [-0.3, -0.25) is 9.69 Å². The molecular weight excluding hydrogens is 268 g/mol. The molecule has 0 aromatic heterocycles. The van der Waals surface area contributed by atoms with E-state index < -0.39 is 0 Å². The van der Waals surface area contributed by atoms with Crippen LogP contribution >= 0.6 is 0 Å². The zero-order valence-electron chi connectivity index (χ0n) is 12.4. The van der Waals surface area contributed by atoms with Gasteiger partial charge < -0.3 is 14.8 Å². The quantitative estimate of drug-likeness (QED) is 0.832. The second-order valence-electron chi connectivity index (χ2n) is 5.52. The molecule has 2 aliphatic rings. The van der Waals surface area contributed by atoms with Gasteiger partial charge in [0, 0.05) is 32.6 Å². The average molecular weight is 290 g/mol. The van der Waals surface area contributed by atoms with Crippen molar-refractivity contribution < 1.29 is 14.3 Å². The molecule has 5 nitrogen and oxygen atoms in total. The first kappa shape index (κ1) is 14.4. The first-order valence-electron chi connectivity index (χ1n) is 7.64. The number of ether oxygens (including phenoxy) is 2. The Bertz CT molecular complexity index is 481. The highest BCUT2D eigenvalue weighted by molar-refractivity contribution is 5.76. The smallest absolute Gasteiger partial charge is 0.324 e. The van der Waals surface area contributed by atoms with Gasteiger partial charge >= 0.3 is 5.97 Å². The Morgan fingerprint density at radius 2 is 2.33 bits per heavy atom. The normalized spacial score (nSPS) is 25.2. The number of esters is 1. The average Bonchev–Trinajstić information content (AvgIpc) is 2.90. The highest BCUT2D eigenvalue weighted by atomic mass is 16.5. The molecular formula is C16H22N2O3. The standard InChI is InChI=1S/C16H22N2O3/c1-2-20-16(19)14-10-17-7-8-18(14)11-13-9-12-5-3-4-6-15(12)21-13/h3-6,13-14,17H,2,7-11H2,1H3. The molecule has 1 aromatic carbocycles. The van der Waals surface area contributed by atoms with E-state index in [-0.39, 0.29) is 18.1 Å². The number of carbonyl (C=O) groups excluding carboxylic acids is 1. The van der Waals surface area contributed by atoms with Crippen molar-refractivity contribution in [1.82, 2.24) is 10.2 Å². The lowest BCUT2D eigenvalue weighted by molar-refractivity contribution is -0.150. The SMILES string of the molecule is CCOC(=O)C1CNCCN1CC1Cc2ccccc2O1. The lowest BCUT2D eigenvalue weighted by Crippen LogP contribution is -2.57. The molecule has 5 heteroatoms. The monoisotopic (exact) mass is 290 g/mol. The molecule has 1 aromatic rings. The Labute approximate surface area is 125 Å². The van der Waals surface area contributed by atoms with E-state index in [9.17, 15) is 4.79 Å². The second-order valence-corrected chi connectivity index (χ2v) is 5.52. The van der Waals surface area contributed by atoms with Crippen molar-refractivity contribution in [2.45, 2.75) is 25.5 Å². The zero-order valence-corrected chi connectivity index (χ0v) is 12.4. The summed E-state index contributed by atoms with van der Waals surface area (Å²) in [6, 6.07) is 7.95. The molecule has 3 rings (SSSR count). The second kappa shape index (κ2) is 6.45. The largest absolute Gasteiger partial charge is 0.488 e. The first-order chi connectivity index (χ1) is 10.3. The summed E-state index contributed by atoms with van der Waals surface area (Å²) in [6.45, 7) is 5.43. The van der Waals surface area contributed by atoms with Crippen LogP contribution < -0.4 is 10.1 Å². The van der Waals surface area contributed by atoms with Crippen molar-refractivity contribution >= 4 is 5.97 Å². The number of benzene rings is 1. The molecule has 2 atom stereocenters. The highest BCUT2D eigenvalue weighted by Gasteiger charge is 2.33. The van der Waals surface area contributed by atoms with Crippen LogP contribution in [0, 0.1) is 0 Å². The van der Waals surface area contributed by atoms with Crippen LogP contribution in [0.2, 0.25) is 0 Å². The maximum absolute atomic E-state index is 12.1. The van der Waals surface area contributed by atoms with Crippen LogP contribution in [0.15, 0.2) is 24.3 Å². The minimum atomic E-state index is -0.203. The maximum atomic E-state index is 12.1. The number of fused-ring (bicyclic) bond motifs is 1. The molecule has 0 bridgehead atoms. The Balaban J connectivity index is 1.62. The number of rotatable bonds is 4. The fraction of sp³-hybridized carbons (Fsp3) is 0.562. The summed E-state index contributed by atoms with van der Waals surface area (Å²) in [5.74, 6) is 0.838. The van der Waals surface area contributed by atoms with Crippen LogP contribution in [0.3, 0.4) is 0 Å². The van der Waals surface area contributed by atoms with E-state index in [1.54, 1.807) is 0 Å². The summed E-state index contributed by atoms with van der Waals surface area (Å²) in [5, 5.41) is 3.26. The van der Waals surface area contributed by atoms with Gasteiger partial charge in [0.15, 0.2) is 0 Å². The lowest BCUT2D eigenvalue weighted by atomic mass is 10.1. The predicted molar refractivity (Wildman–Crippen MR) is 79.4 cm³/mol. The van der Waals surface area contributed by atoms with Crippen molar-refractivity contribution in [3.05, 3.63) is 29.8 Å². The number of nitrogens with one attached hydrogen (secondary N) is 1. The maximum Gasteiger partial charge on any atom is 0.324 e. The van der Waals surface area contributed by atoms with Crippen LogP contribution in [0.1, 0.15) is 12.5 Å². The van der Waals surface area contributed by atoms with E-state index in [1.807, 2.05) is 25.1 Å². The van der Waals surface area contributed by atoms with Crippen molar-refractivity contribution in [3.63, 3.8) is 0 Å². The minimum Gasteiger partial charge on any atom is -0.488 e. The van der Waals surface area contributed by atoms with Gasteiger partial charge in [0.25, 0.3) is 0 Å². The van der Waals surface area contributed by atoms with Gasteiger partial charge in [0.05, 0.1) is 6.61 Å². The number of piperazine rings is 1. The van der Waals surface area contributed by atoms with Gasteiger partial charge in [-0.15, -0.1) is 0 Å². The third-order valence-electron chi connectivity index (χ3n) is 4.06. The van der Waals surface area contributed by atoms with Crippen LogP contribution in [0.4, 0.5) is 0 Å². The van der Waals surface area contributed by atoms with Gasteiger partial charge in [-0.25, -0.2) is 0 Å². The summed E-state index contributed by atoms with van der Waals surface area (Å²) < 4.78 is 11.2. The molecule has 2 unspecified atom stereocenters. The van der Waals surface area contributed by atoms with Crippen LogP contribution in [-0.4, -0.2) is 55.8 Å². The fourth-order valence-corrected chi connectivity index (χ4v) is 3.05. The van der Waals surface area contributed by atoms with E-state index in [0.29, 0.717) is 13.2 Å². The molecule has 0 radical (unpaired) electrons. The summed E-state index contributed by atoms with van der Waals surface area (Å²) >= 11 is 0. The van der Waals surface area contributed by atoms with Gasteiger partial charge in [-0.1, -0.05) is 18.2 Å². The van der Waals surface area contributed by atoms with Crippen molar-refractivity contribution in [1.29, 1.82) is 0 Å². The summed E-state index contributed by atoms with van der Waals surface area (Å²) in [6.07, 6.45) is 1.03. The third-order valence-corrected chi connectivity index (χ3v) is 4.06. The Hall–Kier alpha value is -1.59. The Kier molecular flexibility index (Phi) is 4.41. The number of para-hydroxylation sites is 1. The van der Waals surface area contributed by atoms with Gasteiger partial charge in [0.2, 0.25) is 0 Å². The van der Waals surface area contributed by atoms with Gasteiger partial charge in [-0.2, -0.15) is 0 Å². The van der Waals surface area contributed by atoms with Crippen LogP contribution in [0.25, 0.3) is 0 Å². The Morgan fingerprint density at radius 1 is 1.48 bits per heavy atom. The number of hydrogen-bond acceptors (Lipinski definition) is 5. The van der Waals surface area contributed by atoms with E-state index in [0.717, 1.165) is 31.8 Å². The summed E-state index contributed by atoms with van der Waals surface area (Å²) in [5.41, 5.74) is 1.25. The molecule has 1 fully saturated rings. The van der Waals surface area contributed by atoms with Crippen molar-refractivity contribution in [2.24, 2.45) is 0 Å². The molecule has 114 valence electrons. The summed E-state index contributed by atoms with van der Waals surface area (Å²) in [7, 11) is 0. The lowest BCUT2D eigenvalue weighted by Gasteiger charge is -2.35. The molecule has 1 N–H and O–H groups in total. The van der Waals surface area contributed by atoms with Crippen LogP contribution in [-0.2, 0) is 16.0 Å². The summed E-state index contributed by atoms with van der Waals surface area (Å²) in [4.78, 5) is 14.2. The molecule has 0 amide bonds. The zero-order chi connectivity index (χ0) is 14.7. The highest BCUT2D eigenvalue weighted by Crippen LogP contribution is 2.28. The van der Waals surface area contributed by atoms with E-state index >= 15 is 0 Å². The fourth-order valence-electron chi connectivity index (χ4n) is 3.05. The molecule has 0 spiro atoms. The number of hydrogen-bond donors (Lipinski definition) is 1. The molecule has 0 aliphatic carbocycles. The van der Waals surface area contributed by atoms with E-state index in [2.05, 4.69) is 16.3 Å². The number of carbonyl (C=O) groups is 1. The number of nitrogens with zero attached hydrogens (tertiary/aromatic N) is 1. The predicted octanol–water partition coefficient (Wildman–Crippen LogP) is 0.827. The third kappa shape index (κ3) is 3.19.